The van der Waals surface area contributed by atoms with E-state index >= 15 is 0 Å². The smallest absolute Gasteiger partial charge is 0.107 e. The van der Waals surface area contributed by atoms with Gasteiger partial charge in [0.25, 0.3) is 0 Å². The maximum absolute atomic E-state index is 8.66. The number of nitrogens with zero attached hydrogens (tertiary/aromatic N) is 4. The Balaban J connectivity index is 2.87. The van der Waals surface area contributed by atoms with Crippen LogP contribution in [0.2, 0.25) is 0 Å². The van der Waals surface area contributed by atoms with E-state index in [-0.39, 0.29) is 13.1 Å². The normalized spacial score (nSPS) is 8.94. The molecule has 0 saturated heterocycles. The van der Waals surface area contributed by atoms with Crippen LogP contribution < -0.4 is 10.2 Å². The van der Waals surface area contributed by atoms with Gasteiger partial charge in [-0.15, -0.1) is 0 Å². The molecule has 0 amide bonds. The first kappa shape index (κ1) is 11.8. The zero-order chi connectivity index (χ0) is 11.8. The maximum atomic E-state index is 8.66. The number of nitrogens with one attached hydrogen (secondary N) is 1. The van der Waals surface area contributed by atoms with E-state index in [0.717, 1.165) is 17.9 Å². The maximum Gasteiger partial charge on any atom is 0.107 e. The molecule has 1 heterocycles. The zero-order valence-electron chi connectivity index (χ0n) is 9.14. The van der Waals surface area contributed by atoms with Crippen molar-refractivity contribution >= 4 is 11.4 Å². The second-order valence-corrected chi connectivity index (χ2v) is 3.13. The van der Waals surface area contributed by atoms with Gasteiger partial charge in [-0.05, 0) is 13.0 Å². The summed E-state index contributed by atoms with van der Waals surface area (Å²) in [5.41, 5.74) is 1.67. The van der Waals surface area contributed by atoms with E-state index < -0.39 is 0 Å². The second kappa shape index (κ2) is 6.26. The number of pyridine rings is 1. The molecule has 16 heavy (non-hydrogen) atoms. The molecule has 0 fully saturated rings. The van der Waals surface area contributed by atoms with Crippen molar-refractivity contribution in [2.75, 3.05) is 29.9 Å². The standard InChI is InChI=1S/C11H13N5/c1-2-15-10-7-11(9-14-8-10)16(5-3-12)6-4-13/h7-9,15H,2,5-6H2,1H3. The molecule has 0 atom stereocenters. The summed E-state index contributed by atoms with van der Waals surface area (Å²) in [7, 11) is 0. The molecule has 1 aromatic rings. The summed E-state index contributed by atoms with van der Waals surface area (Å²) in [6.07, 6.45) is 3.36. The summed E-state index contributed by atoms with van der Waals surface area (Å²) in [6.45, 7) is 3.17. The van der Waals surface area contributed by atoms with E-state index in [1.807, 2.05) is 25.1 Å². The Morgan fingerprint density at radius 1 is 1.31 bits per heavy atom. The van der Waals surface area contributed by atoms with E-state index in [0.29, 0.717) is 0 Å². The second-order valence-electron chi connectivity index (χ2n) is 3.13. The van der Waals surface area contributed by atoms with Gasteiger partial charge in [0.15, 0.2) is 0 Å². The van der Waals surface area contributed by atoms with Crippen molar-refractivity contribution in [3.63, 3.8) is 0 Å². The SMILES string of the molecule is CCNc1cncc(N(CC#N)CC#N)c1. The van der Waals surface area contributed by atoms with E-state index in [9.17, 15) is 0 Å². The van der Waals surface area contributed by atoms with Crippen LogP contribution in [0.25, 0.3) is 0 Å². The van der Waals surface area contributed by atoms with Crippen molar-refractivity contribution in [2.45, 2.75) is 6.92 Å². The highest BCUT2D eigenvalue weighted by Crippen LogP contribution is 2.16. The molecule has 0 aliphatic rings. The van der Waals surface area contributed by atoms with Crippen LogP contribution in [-0.2, 0) is 0 Å². The lowest BCUT2D eigenvalue weighted by Gasteiger charge is -2.18. The van der Waals surface area contributed by atoms with Gasteiger partial charge in [-0.25, -0.2) is 0 Å². The Bertz CT molecular complexity index is 399. The molecule has 5 nitrogen and oxygen atoms in total. The highest BCUT2D eigenvalue weighted by molar-refractivity contribution is 5.56. The Labute approximate surface area is 94.9 Å². The molecule has 0 radical (unpaired) electrons. The predicted molar refractivity (Wildman–Crippen MR) is 61.8 cm³/mol. The summed E-state index contributed by atoms with van der Waals surface area (Å²) in [6, 6.07) is 5.94. The fourth-order valence-corrected chi connectivity index (χ4v) is 1.31. The molecule has 0 aliphatic heterocycles. The average molecular weight is 215 g/mol. The van der Waals surface area contributed by atoms with Crippen LogP contribution in [0.15, 0.2) is 18.5 Å². The summed E-state index contributed by atoms with van der Waals surface area (Å²) >= 11 is 0. The number of aromatic nitrogens is 1. The van der Waals surface area contributed by atoms with E-state index in [1.165, 1.54) is 0 Å². The summed E-state index contributed by atoms with van der Waals surface area (Å²) in [5, 5.41) is 20.5. The summed E-state index contributed by atoms with van der Waals surface area (Å²) in [4.78, 5) is 5.74. The molecule has 1 N–H and O–H groups in total. The van der Waals surface area contributed by atoms with Gasteiger partial charge in [0.05, 0.1) is 35.9 Å². The topological polar surface area (TPSA) is 75.7 Å². The number of hydrogen-bond donors (Lipinski definition) is 1. The minimum absolute atomic E-state index is 0.185. The Hall–Kier alpha value is -2.27. The molecule has 0 aliphatic carbocycles. The minimum atomic E-state index is 0.185. The van der Waals surface area contributed by atoms with Gasteiger partial charge in [-0.3, -0.25) is 4.98 Å². The van der Waals surface area contributed by atoms with Gasteiger partial charge in [0.2, 0.25) is 0 Å². The fraction of sp³-hybridized carbons (Fsp3) is 0.364. The highest BCUT2D eigenvalue weighted by Gasteiger charge is 2.06. The van der Waals surface area contributed by atoms with Crippen LogP contribution in [0.4, 0.5) is 11.4 Å². The van der Waals surface area contributed by atoms with Gasteiger partial charge < -0.3 is 10.2 Å². The van der Waals surface area contributed by atoms with Gasteiger partial charge in [0.1, 0.15) is 13.1 Å². The molecular formula is C11H13N5. The third kappa shape index (κ3) is 3.14. The quantitative estimate of drug-likeness (QED) is 0.751. The van der Waals surface area contributed by atoms with Crippen LogP contribution in [0.1, 0.15) is 6.92 Å². The molecule has 0 unspecified atom stereocenters. The number of anilines is 2. The van der Waals surface area contributed by atoms with E-state index in [2.05, 4.69) is 10.3 Å². The third-order valence-electron chi connectivity index (χ3n) is 1.99. The number of hydrogen-bond acceptors (Lipinski definition) is 5. The van der Waals surface area contributed by atoms with Gasteiger partial charge in [-0.2, -0.15) is 10.5 Å². The summed E-state index contributed by atoms with van der Waals surface area (Å²) < 4.78 is 0. The minimum Gasteiger partial charge on any atom is -0.384 e. The number of rotatable bonds is 5. The van der Waals surface area contributed by atoms with Gasteiger partial charge >= 0.3 is 0 Å². The Morgan fingerprint density at radius 2 is 2.00 bits per heavy atom. The first-order valence-electron chi connectivity index (χ1n) is 4.99. The lowest BCUT2D eigenvalue weighted by Crippen LogP contribution is -2.23. The molecule has 5 heteroatoms. The van der Waals surface area contributed by atoms with Gasteiger partial charge in [0, 0.05) is 6.54 Å². The lowest BCUT2D eigenvalue weighted by atomic mass is 10.3. The molecule has 0 aromatic carbocycles. The molecule has 82 valence electrons. The summed E-state index contributed by atoms with van der Waals surface area (Å²) in [5.74, 6) is 0. The Morgan fingerprint density at radius 3 is 2.56 bits per heavy atom. The van der Waals surface area contributed by atoms with E-state index in [1.54, 1.807) is 17.3 Å². The monoisotopic (exact) mass is 215 g/mol. The molecular weight excluding hydrogens is 202 g/mol. The lowest BCUT2D eigenvalue weighted by molar-refractivity contribution is 0.959. The third-order valence-corrected chi connectivity index (χ3v) is 1.99. The van der Waals surface area contributed by atoms with Crippen LogP contribution >= 0.6 is 0 Å². The Kier molecular flexibility index (Phi) is 4.62. The average Bonchev–Trinajstić information content (AvgIpc) is 2.30. The molecule has 1 rings (SSSR count). The predicted octanol–water partition coefficient (Wildman–Crippen LogP) is 1.37. The van der Waals surface area contributed by atoms with Gasteiger partial charge in [-0.1, -0.05) is 0 Å². The van der Waals surface area contributed by atoms with Crippen molar-refractivity contribution < 1.29 is 0 Å². The molecule has 1 aromatic heterocycles. The van der Waals surface area contributed by atoms with Crippen LogP contribution in [0.3, 0.4) is 0 Å². The molecule has 0 bridgehead atoms. The zero-order valence-corrected chi connectivity index (χ0v) is 9.14. The first-order valence-corrected chi connectivity index (χ1v) is 4.99. The molecule has 0 saturated carbocycles. The van der Waals surface area contributed by atoms with Crippen molar-refractivity contribution in [1.82, 2.24) is 4.98 Å². The largest absolute Gasteiger partial charge is 0.384 e. The van der Waals surface area contributed by atoms with Crippen molar-refractivity contribution in [3.05, 3.63) is 18.5 Å². The van der Waals surface area contributed by atoms with Crippen molar-refractivity contribution in [2.24, 2.45) is 0 Å². The first-order chi connectivity index (χ1) is 7.81. The number of nitriles is 2. The van der Waals surface area contributed by atoms with Crippen LogP contribution in [0.5, 0.6) is 0 Å². The van der Waals surface area contributed by atoms with Crippen LogP contribution in [0, 0.1) is 22.7 Å². The van der Waals surface area contributed by atoms with E-state index in [4.69, 9.17) is 10.5 Å². The van der Waals surface area contributed by atoms with Crippen LogP contribution in [-0.4, -0.2) is 24.6 Å². The molecule has 0 spiro atoms. The van der Waals surface area contributed by atoms with Crippen molar-refractivity contribution in [3.8, 4) is 12.1 Å². The fourth-order valence-electron chi connectivity index (χ4n) is 1.31. The highest BCUT2D eigenvalue weighted by atomic mass is 15.1. The van der Waals surface area contributed by atoms with Crippen molar-refractivity contribution in [1.29, 1.82) is 10.5 Å².